The number of amides is 2. The first-order valence-electron chi connectivity index (χ1n) is 6.33. The molecule has 0 saturated heterocycles. The van der Waals surface area contributed by atoms with Gasteiger partial charge < -0.3 is 15.8 Å². The molecule has 0 spiro atoms. The average Bonchev–Trinajstić information content (AvgIpc) is 2.37. The molecule has 5 nitrogen and oxygen atoms in total. The lowest BCUT2D eigenvalue weighted by Gasteiger charge is -2.22. The number of para-hydroxylation sites is 1. The number of nitrogens with one attached hydrogen (secondary N) is 1. The summed E-state index contributed by atoms with van der Waals surface area (Å²) in [6.45, 7) is 5.25. The van der Waals surface area contributed by atoms with Crippen LogP contribution in [-0.4, -0.2) is 24.0 Å². The van der Waals surface area contributed by atoms with Gasteiger partial charge in [-0.2, -0.15) is 0 Å². The molecule has 1 aromatic rings. The predicted octanol–water partition coefficient (Wildman–Crippen LogP) is 1.84. The second kappa shape index (κ2) is 7.28. The van der Waals surface area contributed by atoms with Crippen LogP contribution in [0.2, 0.25) is 0 Å². The van der Waals surface area contributed by atoms with E-state index < -0.39 is 18.1 Å². The molecule has 0 unspecified atom stereocenters. The largest absolute Gasteiger partial charge is 0.480 e. The van der Waals surface area contributed by atoms with E-state index in [4.69, 9.17) is 10.5 Å². The molecule has 0 aliphatic rings. The Kier molecular flexibility index (Phi) is 6.01. The van der Waals surface area contributed by atoms with Gasteiger partial charge in [-0.3, -0.25) is 9.59 Å². The van der Waals surface area contributed by atoms with E-state index in [2.05, 4.69) is 21.2 Å². The van der Waals surface area contributed by atoms with Gasteiger partial charge in [0.1, 0.15) is 11.8 Å². The van der Waals surface area contributed by atoms with E-state index in [1.807, 2.05) is 32.0 Å². The highest BCUT2D eigenvalue weighted by molar-refractivity contribution is 9.10. The lowest BCUT2D eigenvalue weighted by atomic mass is 10.0. The fraction of sp³-hybridized carbons (Fsp3) is 0.429. The van der Waals surface area contributed by atoms with Crippen LogP contribution in [0.3, 0.4) is 0 Å². The standard InChI is InChI=1S/C14H19BrN2O3/c1-8(2)12(13(16)18)17-14(19)9(3)20-11-7-5-4-6-10(11)15/h4-9,12H,1-3H3,(H2,16,18)(H,17,19)/t9-,12-/m0/s1. The first-order valence-corrected chi connectivity index (χ1v) is 7.13. The SMILES string of the molecule is CC(C)[C@H](NC(=O)[C@H](C)Oc1ccccc1Br)C(N)=O. The van der Waals surface area contributed by atoms with Crippen LogP contribution in [0.25, 0.3) is 0 Å². The third kappa shape index (κ3) is 4.52. The Morgan fingerprint density at radius 3 is 2.35 bits per heavy atom. The molecule has 0 saturated carbocycles. The number of carbonyl (C=O) groups is 2. The molecule has 3 N–H and O–H groups in total. The van der Waals surface area contributed by atoms with Crippen molar-refractivity contribution in [2.45, 2.75) is 32.9 Å². The minimum atomic E-state index is -0.728. The highest BCUT2D eigenvalue weighted by atomic mass is 79.9. The van der Waals surface area contributed by atoms with Crippen molar-refractivity contribution in [3.8, 4) is 5.75 Å². The van der Waals surface area contributed by atoms with Crippen molar-refractivity contribution in [3.63, 3.8) is 0 Å². The summed E-state index contributed by atoms with van der Waals surface area (Å²) in [7, 11) is 0. The first kappa shape index (κ1) is 16.5. The highest BCUT2D eigenvalue weighted by Gasteiger charge is 2.25. The summed E-state index contributed by atoms with van der Waals surface area (Å²) in [4.78, 5) is 23.3. The number of ether oxygens (including phenoxy) is 1. The average molecular weight is 343 g/mol. The quantitative estimate of drug-likeness (QED) is 0.827. The maximum atomic E-state index is 12.0. The molecule has 2 amide bonds. The lowest BCUT2D eigenvalue weighted by molar-refractivity contribution is -0.132. The van der Waals surface area contributed by atoms with Crippen molar-refractivity contribution in [2.24, 2.45) is 11.7 Å². The summed E-state index contributed by atoms with van der Waals surface area (Å²) in [5.41, 5.74) is 5.26. The maximum Gasteiger partial charge on any atom is 0.261 e. The number of carbonyl (C=O) groups excluding carboxylic acids is 2. The minimum absolute atomic E-state index is 0.0767. The summed E-state index contributed by atoms with van der Waals surface area (Å²) in [5, 5.41) is 2.60. The summed E-state index contributed by atoms with van der Waals surface area (Å²) >= 11 is 3.34. The summed E-state index contributed by atoms with van der Waals surface area (Å²) in [6, 6.07) is 6.53. The van der Waals surface area contributed by atoms with Crippen LogP contribution in [0.1, 0.15) is 20.8 Å². The van der Waals surface area contributed by atoms with Gasteiger partial charge in [0, 0.05) is 0 Å². The van der Waals surface area contributed by atoms with Gasteiger partial charge >= 0.3 is 0 Å². The van der Waals surface area contributed by atoms with Crippen molar-refractivity contribution in [1.29, 1.82) is 0 Å². The zero-order valence-corrected chi connectivity index (χ0v) is 13.3. The summed E-state index contributed by atoms with van der Waals surface area (Å²) < 4.78 is 6.32. The molecule has 6 heteroatoms. The van der Waals surface area contributed by atoms with Gasteiger partial charge in [0.25, 0.3) is 5.91 Å². The van der Waals surface area contributed by atoms with Crippen LogP contribution < -0.4 is 15.8 Å². The van der Waals surface area contributed by atoms with Crippen molar-refractivity contribution >= 4 is 27.7 Å². The number of halogens is 1. The van der Waals surface area contributed by atoms with Gasteiger partial charge in [0.15, 0.2) is 6.10 Å². The Hall–Kier alpha value is -1.56. The molecule has 2 atom stereocenters. The summed E-state index contributed by atoms with van der Waals surface area (Å²) in [6.07, 6.45) is -0.728. The molecule has 1 rings (SSSR count). The van der Waals surface area contributed by atoms with E-state index in [1.165, 1.54) is 0 Å². The second-order valence-corrected chi connectivity index (χ2v) is 5.68. The van der Waals surface area contributed by atoms with Crippen LogP contribution in [0.5, 0.6) is 5.75 Å². The van der Waals surface area contributed by atoms with Crippen LogP contribution >= 0.6 is 15.9 Å². The molecular weight excluding hydrogens is 324 g/mol. The number of hydrogen-bond acceptors (Lipinski definition) is 3. The lowest BCUT2D eigenvalue weighted by Crippen LogP contribution is -2.51. The Bertz CT molecular complexity index is 491. The van der Waals surface area contributed by atoms with Crippen LogP contribution in [0, 0.1) is 5.92 Å². The first-order chi connectivity index (χ1) is 9.32. The Labute approximate surface area is 127 Å². The number of nitrogens with two attached hydrogens (primary N) is 1. The number of rotatable bonds is 6. The van der Waals surface area contributed by atoms with Crippen molar-refractivity contribution in [1.82, 2.24) is 5.32 Å². The third-order valence-corrected chi connectivity index (χ3v) is 3.44. The molecular formula is C14H19BrN2O3. The molecule has 0 radical (unpaired) electrons. The monoisotopic (exact) mass is 342 g/mol. The van der Waals surface area contributed by atoms with Crippen molar-refractivity contribution in [2.75, 3.05) is 0 Å². The highest BCUT2D eigenvalue weighted by Crippen LogP contribution is 2.24. The molecule has 110 valence electrons. The molecule has 1 aromatic carbocycles. The molecule has 0 fully saturated rings. The third-order valence-electron chi connectivity index (χ3n) is 2.78. The Balaban J connectivity index is 2.68. The molecule has 0 heterocycles. The van der Waals surface area contributed by atoms with E-state index in [-0.39, 0.29) is 11.8 Å². The zero-order chi connectivity index (χ0) is 15.3. The van der Waals surface area contributed by atoms with E-state index in [1.54, 1.807) is 13.0 Å². The van der Waals surface area contributed by atoms with Crippen LogP contribution in [0.15, 0.2) is 28.7 Å². The number of benzene rings is 1. The van der Waals surface area contributed by atoms with Gasteiger partial charge in [0.05, 0.1) is 4.47 Å². The van der Waals surface area contributed by atoms with E-state index in [9.17, 15) is 9.59 Å². The summed E-state index contributed by atoms with van der Waals surface area (Å²) in [5.74, 6) is -0.442. The fourth-order valence-electron chi connectivity index (χ4n) is 1.62. The van der Waals surface area contributed by atoms with Crippen LogP contribution in [-0.2, 0) is 9.59 Å². The minimum Gasteiger partial charge on any atom is -0.480 e. The molecule has 0 aromatic heterocycles. The Morgan fingerprint density at radius 1 is 1.25 bits per heavy atom. The van der Waals surface area contributed by atoms with Gasteiger partial charge in [-0.1, -0.05) is 26.0 Å². The second-order valence-electron chi connectivity index (χ2n) is 4.82. The molecule has 0 aliphatic heterocycles. The Morgan fingerprint density at radius 2 is 1.85 bits per heavy atom. The molecule has 0 aliphatic carbocycles. The smallest absolute Gasteiger partial charge is 0.261 e. The number of hydrogen-bond donors (Lipinski definition) is 2. The van der Waals surface area contributed by atoms with Crippen molar-refractivity contribution in [3.05, 3.63) is 28.7 Å². The van der Waals surface area contributed by atoms with Crippen molar-refractivity contribution < 1.29 is 14.3 Å². The van der Waals surface area contributed by atoms with Gasteiger partial charge in [0.2, 0.25) is 5.91 Å². The van der Waals surface area contributed by atoms with Gasteiger partial charge in [-0.15, -0.1) is 0 Å². The predicted molar refractivity (Wildman–Crippen MR) is 80.2 cm³/mol. The van der Waals surface area contributed by atoms with E-state index >= 15 is 0 Å². The maximum absolute atomic E-state index is 12.0. The number of primary amides is 1. The molecule has 0 bridgehead atoms. The van der Waals surface area contributed by atoms with Gasteiger partial charge in [-0.05, 0) is 40.9 Å². The topological polar surface area (TPSA) is 81.4 Å². The van der Waals surface area contributed by atoms with E-state index in [0.717, 1.165) is 4.47 Å². The van der Waals surface area contributed by atoms with E-state index in [0.29, 0.717) is 5.75 Å². The fourth-order valence-corrected chi connectivity index (χ4v) is 2.00. The van der Waals surface area contributed by atoms with Gasteiger partial charge in [-0.25, -0.2) is 0 Å². The van der Waals surface area contributed by atoms with Crippen LogP contribution in [0.4, 0.5) is 0 Å². The molecule has 20 heavy (non-hydrogen) atoms. The zero-order valence-electron chi connectivity index (χ0n) is 11.7. The normalized spacial score (nSPS) is 13.7.